The van der Waals surface area contributed by atoms with Crippen LogP contribution in [-0.2, 0) is 4.79 Å². The number of nitro benzene ring substituents is 1. The molecule has 0 aromatic heterocycles. The number of aliphatic imine (C=N–C) groups is 1. The Morgan fingerprint density at radius 2 is 1.96 bits per heavy atom. The van der Waals surface area contributed by atoms with Crippen LogP contribution in [0.5, 0.6) is 0 Å². The third-order valence-electron chi connectivity index (χ3n) is 4.51. The molecular formula is C21H21N3O3S. The van der Waals surface area contributed by atoms with Crippen molar-refractivity contribution in [3.8, 4) is 0 Å². The zero-order valence-corrected chi connectivity index (χ0v) is 16.8. The van der Waals surface area contributed by atoms with E-state index in [0.717, 1.165) is 17.7 Å². The van der Waals surface area contributed by atoms with Gasteiger partial charge < -0.3 is 0 Å². The van der Waals surface area contributed by atoms with Gasteiger partial charge in [-0.1, -0.05) is 36.8 Å². The van der Waals surface area contributed by atoms with Crippen molar-refractivity contribution >= 4 is 40.3 Å². The summed E-state index contributed by atoms with van der Waals surface area (Å²) in [6.07, 6.45) is 2.48. The lowest BCUT2D eigenvalue weighted by Crippen LogP contribution is -2.36. The van der Waals surface area contributed by atoms with Gasteiger partial charge in [0.15, 0.2) is 5.17 Å². The molecule has 2 aromatic carbocycles. The molecule has 6 nitrogen and oxygen atoms in total. The van der Waals surface area contributed by atoms with E-state index in [1.165, 1.54) is 23.9 Å². The van der Waals surface area contributed by atoms with E-state index < -0.39 is 4.92 Å². The molecule has 0 unspecified atom stereocenters. The summed E-state index contributed by atoms with van der Waals surface area (Å²) < 4.78 is 0. The van der Waals surface area contributed by atoms with Crippen molar-refractivity contribution in [1.29, 1.82) is 0 Å². The van der Waals surface area contributed by atoms with Crippen molar-refractivity contribution < 1.29 is 9.72 Å². The van der Waals surface area contributed by atoms with Crippen LogP contribution in [0, 0.1) is 17.0 Å². The van der Waals surface area contributed by atoms with Crippen LogP contribution in [0.25, 0.3) is 6.08 Å². The van der Waals surface area contributed by atoms with Crippen LogP contribution >= 0.6 is 11.8 Å². The fraction of sp³-hybridized carbons (Fsp3) is 0.238. The van der Waals surface area contributed by atoms with Gasteiger partial charge >= 0.3 is 0 Å². The first-order chi connectivity index (χ1) is 13.4. The largest absolute Gasteiger partial charge is 0.284 e. The Bertz CT molecular complexity index is 967. The number of hydrogen-bond acceptors (Lipinski definition) is 5. The second-order valence-corrected chi connectivity index (χ2v) is 7.63. The molecule has 1 atom stereocenters. The van der Waals surface area contributed by atoms with Gasteiger partial charge in [0, 0.05) is 18.2 Å². The number of nitrogens with zero attached hydrogens (tertiary/aromatic N) is 3. The van der Waals surface area contributed by atoms with Gasteiger partial charge in [-0.05, 0) is 55.8 Å². The Balaban J connectivity index is 1.98. The molecule has 1 amide bonds. The molecule has 0 saturated carbocycles. The monoisotopic (exact) mass is 395 g/mol. The second-order valence-electron chi connectivity index (χ2n) is 6.63. The maximum Gasteiger partial charge on any atom is 0.270 e. The Hall–Kier alpha value is -2.93. The zero-order valence-electron chi connectivity index (χ0n) is 16.0. The number of aryl methyl sites for hydroxylation is 1. The number of amidine groups is 1. The molecule has 0 radical (unpaired) electrons. The molecule has 0 aliphatic carbocycles. The van der Waals surface area contributed by atoms with Crippen molar-refractivity contribution in [3.63, 3.8) is 0 Å². The number of benzene rings is 2. The van der Waals surface area contributed by atoms with Crippen LogP contribution in [-0.4, -0.2) is 26.9 Å². The number of rotatable bonds is 5. The van der Waals surface area contributed by atoms with Crippen LogP contribution < -0.4 is 0 Å². The minimum atomic E-state index is -0.443. The Morgan fingerprint density at radius 1 is 1.25 bits per heavy atom. The molecule has 144 valence electrons. The van der Waals surface area contributed by atoms with E-state index in [-0.39, 0.29) is 17.6 Å². The molecule has 1 saturated heterocycles. The molecule has 0 spiro atoms. The average Bonchev–Trinajstić information content (AvgIpc) is 2.98. The number of carbonyl (C=O) groups excluding carboxylic acids is 1. The highest BCUT2D eigenvalue weighted by molar-refractivity contribution is 8.18. The first-order valence-electron chi connectivity index (χ1n) is 9.02. The van der Waals surface area contributed by atoms with Gasteiger partial charge in [-0.25, -0.2) is 4.99 Å². The molecule has 28 heavy (non-hydrogen) atoms. The van der Waals surface area contributed by atoms with Crippen LogP contribution in [0.4, 0.5) is 11.4 Å². The number of hydrogen-bond donors (Lipinski definition) is 0. The molecule has 1 fully saturated rings. The van der Waals surface area contributed by atoms with Gasteiger partial charge in [0.1, 0.15) is 0 Å². The summed E-state index contributed by atoms with van der Waals surface area (Å²) in [6.45, 7) is 6.02. The van der Waals surface area contributed by atoms with Gasteiger partial charge in [-0.2, -0.15) is 0 Å². The Labute approximate surface area is 168 Å². The molecule has 0 bridgehead atoms. The first kappa shape index (κ1) is 19.8. The standard InChI is InChI=1S/C21H21N3O3S/c1-4-15(3)23-20(25)19(13-16-6-5-7-18(12-16)24(26)27)28-21(23)22-17-10-8-14(2)9-11-17/h5-13,15H,4H2,1-3H3/b19-13+,22-21?/t15-/m0/s1. The van der Waals surface area contributed by atoms with Crippen molar-refractivity contribution in [1.82, 2.24) is 4.90 Å². The van der Waals surface area contributed by atoms with Crippen LogP contribution in [0.15, 0.2) is 58.4 Å². The Morgan fingerprint density at radius 3 is 2.61 bits per heavy atom. The summed E-state index contributed by atoms with van der Waals surface area (Å²) in [4.78, 5) is 30.4. The van der Waals surface area contributed by atoms with Gasteiger partial charge in [0.05, 0.1) is 15.5 Å². The SMILES string of the molecule is CC[C@H](C)N1C(=O)/C(=C\c2cccc([N+](=O)[O-])c2)SC1=Nc1ccc(C)cc1. The van der Waals surface area contributed by atoms with Crippen molar-refractivity contribution in [2.45, 2.75) is 33.2 Å². The van der Waals surface area contributed by atoms with Gasteiger partial charge in [-0.3, -0.25) is 19.8 Å². The van der Waals surface area contributed by atoms with E-state index in [2.05, 4.69) is 4.99 Å². The first-order valence-corrected chi connectivity index (χ1v) is 9.83. The van der Waals surface area contributed by atoms with E-state index in [4.69, 9.17) is 0 Å². The van der Waals surface area contributed by atoms with Crippen LogP contribution in [0.1, 0.15) is 31.4 Å². The Kier molecular flexibility index (Phi) is 5.94. The van der Waals surface area contributed by atoms with Gasteiger partial charge in [0.2, 0.25) is 0 Å². The maximum absolute atomic E-state index is 13.0. The number of non-ortho nitro benzene ring substituents is 1. The van der Waals surface area contributed by atoms with E-state index in [1.54, 1.807) is 23.1 Å². The predicted molar refractivity (Wildman–Crippen MR) is 114 cm³/mol. The van der Waals surface area contributed by atoms with Crippen LogP contribution in [0.3, 0.4) is 0 Å². The third kappa shape index (κ3) is 4.31. The highest BCUT2D eigenvalue weighted by atomic mass is 32.2. The number of thioether (sulfide) groups is 1. The van der Waals surface area contributed by atoms with Crippen LogP contribution in [0.2, 0.25) is 0 Å². The molecule has 3 rings (SSSR count). The minimum Gasteiger partial charge on any atom is -0.284 e. The quantitative estimate of drug-likeness (QED) is 0.391. The lowest BCUT2D eigenvalue weighted by Gasteiger charge is -2.22. The van der Waals surface area contributed by atoms with E-state index in [0.29, 0.717) is 15.6 Å². The lowest BCUT2D eigenvalue weighted by molar-refractivity contribution is -0.384. The van der Waals surface area contributed by atoms with Crippen molar-refractivity contribution in [3.05, 3.63) is 74.7 Å². The molecule has 0 N–H and O–H groups in total. The van der Waals surface area contributed by atoms with Crippen molar-refractivity contribution in [2.24, 2.45) is 4.99 Å². The molecular weight excluding hydrogens is 374 g/mol. The van der Waals surface area contributed by atoms with E-state index in [1.807, 2.05) is 45.0 Å². The zero-order chi connectivity index (χ0) is 20.3. The number of carbonyl (C=O) groups is 1. The number of nitro groups is 1. The average molecular weight is 395 g/mol. The van der Waals surface area contributed by atoms with Gasteiger partial charge in [0.25, 0.3) is 11.6 Å². The molecule has 1 aliphatic rings. The van der Waals surface area contributed by atoms with Gasteiger partial charge in [-0.15, -0.1) is 0 Å². The topological polar surface area (TPSA) is 75.8 Å². The van der Waals surface area contributed by atoms with E-state index in [9.17, 15) is 14.9 Å². The number of amides is 1. The smallest absolute Gasteiger partial charge is 0.270 e. The van der Waals surface area contributed by atoms with E-state index >= 15 is 0 Å². The summed E-state index contributed by atoms with van der Waals surface area (Å²) in [5.74, 6) is -0.128. The lowest BCUT2D eigenvalue weighted by atomic mass is 10.1. The minimum absolute atomic E-state index is 0.000192. The highest BCUT2D eigenvalue weighted by Crippen LogP contribution is 2.36. The maximum atomic E-state index is 13.0. The fourth-order valence-electron chi connectivity index (χ4n) is 2.75. The molecule has 1 heterocycles. The summed E-state index contributed by atoms with van der Waals surface area (Å²) in [6, 6.07) is 14.1. The molecule has 2 aromatic rings. The molecule has 7 heteroatoms. The summed E-state index contributed by atoms with van der Waals surface area (Å²) >= 11 is 1.30. The normalized spacial score (nSPS) is 18.1. The highest BCUT2D eigenvalue weighted by Gasteiger charge is 2.36. The summed E-state index contributed by atoms with van der Waals surface area (Å²) in [5.41, 5.74) is 2.54. The third-order valence-corrected chi connectivity index (χ3v) is 5.49. The van der Waals surface area contributed by atoms with Crippen molar-refractivity contribution in [2.75, 3.05) is 0 Å². The molecule has 1 aliphatic heterocycles. The second kappa shape index (κ2) is 8.39. The fourth-order valence-corrected chi connectivity index (χ4v) is 3.83. The predicted octanol–water partition coefficient (Wildman–Crippen LogP) is 5.31. The summed E-state index contributed by atoms with van der Waals surface area (Å²) in [7, 11) is 0. The summed E-state index contributed by atoms with van der Waals surface area (Å²) in [5, 5.41) is 11.6.